The van der Waals surface area contributed by atoms with Crippen molar-refractivity contribution in [2.24, 2.45) is 7.05 Å². The number of nitrogens with one attached hydrogen (secondary N) is 1. The summed E-state index contributed by atoms with van der Waals surface area (Å²) >= 11 is 0. The molecule has 1 aromatic heterocycles. The number of aliphatic hydroxyl groups is 1. The minimum Gasteiger partial charge on any atom is -0.506 e. The normalized spacial score (nSPS) is 15.7. The third-order valence-corrected chi connectivity index (χ3v) is 5.74. The van der Waals surface area contributed by atoms with Crippen LogP contribution in [0.15, 0.2) is 54.3 Å². The molecule has 0 unspecified atom stereocenters. The quantitative estimate of drug-likeness (QED) is 0.501. The number of anilines is 1. The molecule has 0 amide bonds. The molecule has 1 aliphatic heterocycles. The van der Waals surface area contributed by atoms with Crippen LogP contribution < -0.4 is 14.5 Å². The Balaban J connectivity index is 1.46. The first kappa shape index (κ1) is 19.8. The van der Waals surface area contributed by atoms with Gasteiger partial charge in [-0.15, -0.1) is 0 Å². The largest absolute Gasteiger partial charge is 0.506 e. The summed E-state index contributed by atoms with van der Waals surface area (Å²) < 4.78 is 7.09. The minimum absolute atomic E-state index is 0.101. The fraction of sp³-hybridized carbons (Fsp3) is 0.304. The van der Waals surface area contributed by atoms with Gasteiger partial charge in [0, 0.05) is 12.7 Å². The number of aliphatic hydroxyl groups excluding tert-OH is 1. The smallest absolute Gasteiger partial charge is 0.169 e. The lowest BCUT2D eigenvalue weighted by molar-refractivity contribution is -0.897. The molecule has 2 N–H and O–H groups in total. The molecule has 7 heteroatoms. The van der Waals surface area contributed by atoms with Crippen molar-refractivity contribution in [1.29, 1.82) is 5.26 Å². The molecule has 4 rings (SSSR count). The van der Waals surface area contributed by atoms with E-state index >= 15 is 0 Å². The SMILES string of the molecule is COc1ccc(N2CC[NH+](C/C(O)=C(\C#N)c3nc4ccccc4n3C)CC2)cc1. The summed E-state index contributed by atoms with van der Waals surface area (Å²) in [5.74, 6) is 1.46. The highest BCUT2D eigenvalue weighted by molar-refractivity contribution is 5.83. The maximum absolute atomic E-state index is 10.8. The van der Waals surface area contributed by atoms with E-state index in [0.717, 1.165) is 43.0 Å². The molecule has 0 radical (unpaired) electrons. The maximum Gasteiger partial charge on any atom is 0.169 e. The molecule has 1 aliphatic rings. The number of benzene rings is 2. The Labute approximate surface area is 176 Å². The zero-order chi connectivity index (χ0) is 21.1. The number of para-hydroxylation sites is 2. The van der Waals surface area contributed by atoms with Crippen molar-refractivity contribution in [2.75, 3.05) is 44.7 Å². The Kier molecular flexibility index (Phi) is 5.59. The van der Waals surface area contributed by atoms with E-state index in [0.29, 0.717) is 12.4 Å². The third kappa shape index (κ3) is 3.82. The number of hydrogen-bond donors (Lipinski definition) is 2. The van der Waals surface area contributed by atoms with Gasteiger partial charge in [0.15, 0.2) is 11.6 Å². The van der Waals surface area contributed by atoms with Crippen LogP contribution in [0.5, 0.6) is 5.75 Å². The van der Waals surface area contributed by atoms with Gasteiger partial charge in [0.05, 0.1) is 44.3 Å². The van der Waals surface area contributed by atoms with Crippen molar-refractivity contribution in [3.05, 3.63) is 60.1 Å². The summed E-state index contributed by atoms with van der Waals surface area (Å²) in [5, 5.41) is 20.5. The Bertz CT molecular complexity index is 1100. The Morgan fingerprint density at radius 1 is 1.17 bits per heavy atom. The van der Waals surface area contributed by atoms with E-state index in [4.69, 9.17) is 4.74 Å². The van der Waals surface area contributed by atoms with Gasteiger partial charge in [0.25, 0.3) is 0 Å². The lowest BCUT2D eigenvalue weighted by Gasteiger charge is -2.33. The standard InChI is InChI=1S/C23H25N5O2/c1-26-21-6-4-3-5-20(21)25-23(26)19(15-24)22(29)16-27-11-13-28(14-12-27)17-7-9-18(30-2)10-8-17/h3-10,29H,11-14,16H2,1-2H3/p+1/b22-19-. The molecule has 0 atom stereocenters. The van der Waals surface area contributed by atoms with E-state index < -0.39 is 0 Å². The molecule has 1 fully saturated rings. The summed E-state index contributed by atoms with van der Waals surface area (Å²) in [6, 6.07) is 18.0. The molecular formula is C23H26N5O2+. The highest BCUT2D eigenvalue weighted by atomic mass is 16.5. The van der Waals surface area contributed by atoms with Gasteiger partial charge in [-0.1, -0.05) is 12.1 Å². The first-order valence-corrected chi connectivity index (χ1v) is 10.1. The van der Waals surface area contributed by atoms with Crippen molar-refractivity contribution in [1.82, 2.24) is 9.55 Å². The number of ether oxygens (including phenoxy) is 1. The molecular weight excluding hydrogens is 378 g/mol. The number of methoxy groups -OCH3 is 1. The van der Waals surface area contributed by atoms with Gasteiger partial charge >= 0.3 is 0 Å². The van der Waals surface area contributed by atoms with Gasteiger partial charge < -0.3 is 24.2 Å². The van der Waals surface area contributed by atoms with Crippen LogP contribution in [0.2, 0.25) is 0 Å². The molecule has 2 aromatic carbocycles. The van der Waals surface area contributed by atoms with Gasteiger partial charge in [0.2, 0.25) is 0 Å². The zero-order valence-electron chi connectivity index (χ0n) is 17.3. The summed E-state index contributed by atoms with van der Waals surface area (Å²) in [6.45, 7) is 3.98. The number of nitrogens with zero attached hydrogens (tertiary/aromatic N) is 4. The topological polar surface area (TPSA) is 78.8 Å². The number of aryl methyl sites for hydroxylation is 1. The molecule has 2 heterocycles. The van der Waals surface area contributed by atoms with Crippen LogP contribution in [-0.2, 0) is 7.05 Å². The Morgan fingerprint density at radius 2 is 1.87 bits per heavy atom. The summed E-state index contributed by atoms with van der Waals surface area (Å²) in [7, 11) is 3.54. The number of rotatable bonds is 5. The van der Waals surface area contributed by atoms with E-state index in [1.165, 1.54) is 10.6 Å². The summed E-state index contributed by atoms with van der Waals surface area (Å²) in [4.78, 5) is 8.15. The second-order valence-corrected chi connectivity index (χ2v) is 7.53. The number of allylic oxidation sites excluding steroid dienone is 1. The van der Waals surface area contributed by atoms with Gasteiger partial charge in [-0.05, 0) is 36.4 Å². The molecule has 3 aromatic rings. The first-order chi connectivity index (χ1) is 14.6. The first-order valence-electron chi connectivity index (χ1n) is 10.1. The Morgan fingerprint density at radius 3 is 2.50 bits per heavy atom. The van der Waals surface area contributed by atoms with E-state index in [1.54, 1.807) is 7.11 Å². The van der Waals surface area contributed by atoms with Crippen LogP contribution in [0.25, 0.3) is 16.6 Å². The molecule has 0 saturated carbocycles. The van der Waals surface area contributed by atoms with Crippen molar-refractivity contribution < 1.29 is 14.7 Å². The molecule has 0 spiro atoms. The van der Waals surface area contributed by atoms with Crippen molar-refractivity contribution in [3.8, 4) is 11.8 Å². The number of fused-ring (bicyclic) bond motifs is 1. The van der Waals surface area contributed by atoms with Crippen LogP contribution in [0.1, 0.15) is 5.82 Å². The van der Waals surface area contributed by atoms with Crippen LogP contribution >= 0.6 is 0 Å². The number of quaternary nitrogens is 1. The fourth-order valence-electron chi connectivity index (χ4n) is 3.99. The average molecular weight is 404 g/mol. The van der Waals surface area contributed by atoms with Crippen molar-refractivity contribution in [2.45, 2.75) is 0 Å². The highest BCUT2D eigenvalue weighted by Crippen LogP contribution is 2.22. The number of piperazine rings is 1. The summed E-state index contributed by atoms with van der Waals surface area (Å²) in [6.07, 6.45) is 0. The van der Waals surface area contributed by atoms with E-state index in [1.807, 2.05) is 48.0 Å². The average Bonchev–Trinajstić information content (AvgIpc) is 3.11. The molecule has 0 aliphatic carbocycles. The van der Waals surface area contributed by atoms with E-state index in [9.17, 15) is 10.4 Å². The number of imidazole rings is 1. The molecule has 1 saturated heterocycles. The summed E-state index contributed by atoms with van der Waals surface area (Å²) in [5.41, 5.74) is 3.18. The second kappa shape index (κ2) is 8.47. The predicted molar refractivity (Wildman–Crippen MR) is 117 cm³/mol. The van der Waals surface area contributed by atoms with Gasteiger partial charge in [-0.25, -0.2) is 4.98 Å². The Hall–Kier alpha value is -3.50. The fourth-order valence-corrected chi connectivity index (χ4v) is 3.99. The van der Waals surface area contributed by atoms with E-state index in [-0.39, 0.29) is 11.3 Å². The van der Waals surface area contributed by atoms with Crippen molar-refractivity contribution in [3.63, 3.8) is 0 Å². The maximum atomic E-state index is 10.8. The molecule has 154 valence electrons. The van der Waals surface area contributed by atoms with Crippen LogP contribution in [0, 0.1) is 11.3 Å². The van der Waals surface area contributed by atoms with Gasteiger partial charge in [-0.3, -0.25) is 0 Å². The zero-order valence-corrected chi connectivity index (χ0v) is 17.3. The predicted octanol–water partition coefficient (Wildman–Crippen LogP) is 1.78. The molecule has 0 bridgehead atoms. The molecule has 7 nitrogen and oxygen atoms in total. The van der Waals surface area contributed by atoms with Gasteiger partial charge in [-0.2, -0.15) is 5.26 Å². The molecule has 30 heavy (non-hydrogen) atoms. The lowest BCUT2D eigenvalue weighted by atomic mass is 10.2. The third-order valence-electron chi connectivity index (χ3n) is 5.74. The van der Waals surface area contributed by atoms with Crippen molar-refractivity contribution >= 4 is 22.3 Å². The van der Waals surface area contributed by atoms with Crippen LogP contribution in [0.3, 0.4) is 0 Å². The van der Waals surface area contributed by atoms with Crippen LogP contribution in [0.4, 0.5) is 5.69 Å². The minimum atomic E-state index is 0.101. The second-order valence-electron chi connectivity index (χ2n) is 7.53. The number of aromatic nitrogens is 2. The monoisotopic (exact) mass is 404 g/mol. The van der Waals surface area contributed by atoms with E-state index in [2.05, 4.69) is 28.1 Å². The highest BCUT2D eigenvalue weighted by Gasteiger charge is 2.24. The lowest BCUT2D eigenvalue weighted by Crippen LogP contribution is -3.15. The van der Waals surface area contributed by atoms with Crippen LogP contribution in [-0.4, -0.2) is 54.5 Å². The van der Waals surface area contributed by atoms with Gasteiger partial charge in [0.1, 0.15) is 23.9 Å². The number of nitriles is 1. The number of hydrogen-bond acceptors (Lipinski definition) is 5.